The summed E-state index contributed by atoms with van der Waals surface area (Å²) in [5, 5.41) is 9.64. The number of fused-ring (bicyclic) bond motifs is 3. The summed E-state index contributed by atoms with van der Waals surface area (Å²) in [5.74, 6) is 0.324. The second-order valence-corrected chi connectivity index (χ2v) is 4.96. The molecule has 0 amide bonds. The summed E-state index contributed by atoms with van der Waals surface area (Å²) in [7, 11) is 1.59. The van der Waals surface area contributed by atoms with Gasteiger partial charge >= 0.3 is 0 Å². The van der Waals surface area contributed by atoms with E-state index in [-0.39, 0.29) is 18.3 Å². The third-order valence-corrected chi connectivity index (χ3v) is 4.21. The van der Waals surface area contributed by atoms with E-state index in [0.717, 1.165) is 25.8 Å². The minimum atomic E-state index is -0.753. The van der Waals surface area contributed by atoms with Crippen molar-refractivity contribution in [2.45, 2.75) is 37.8 Å². The van der Waals surface area contributed by atoms with Crippen molar-refractivity contribution in [3.05, 3.63) is 0 Å². The van der Waals surface area contributed by atoms with Gasteiger partial charge < -0.3 is 9.84 Å². The maximum Gasteiger partial charge on any atom is 0.161 e. The standard InChI is InChI=1S/C12H21NO3/c1-3-10-6-9-4-5-13(10)12(7-14,8-16-2)11(9)15/h9-10,14H,3-8H2,1-2H3/t9-,10-,12-/m0/s1. The van der Waals surface area contributed by atoms with Gasteiger partial charge in [-0.1, -0.05) is 6.92 Å². The second-order valence-electron chi connectivity index (χ2n) is 4.96. The predicted octanol–water partition coefficient (Wildman–Crippen LogP) is 0.437. The number of ketones is 1. The molecule has 0 radical (unpaired) electrons. The molecule has 16 heavy (non-hydrogen) atoms. The molecule has 0 aliphatic carbocycles. The summed E-state index contributed by atoms with van der Waals surface area (Å²) in [6.45, 7) is 3.26. The monoisotopic (exact) mass is 227 g/mol. The number of aliphatic hydroxyl groups excluding tert-OH is 1. The van der Waals surface area contributed by atoms with Crippen molar-refractivity contribution in [2.24, 2.45) is 5.92 Å². The molecule has 4 atom stereocenters. The molecule has 0 aromatic heterocycles. The summed E-state index contributed by atoms with van der Waals surface area (Å²) in [6, 6.07) is 0.429. The molecule has 4 heteroatoms. The average Bonchev–Trinajstić information content (AvgIpc) is 2.33. The topological polar surface area (TPSA) is 49.8 Å². The third kappa shape index (κ3) is 1.51. The molecular formula is C12H21NO3. The van der Waals surface area contributed by atoms with Crippen molar-refractivity contribution >= 4 is 5.78 Å². The van der Waals surface area contributed by atoms with Gasteiger partial charge in [0, 0.05) is 25.6 Å². The number of aliphatic hydroxyl groups is 1. The van der Waals surface area contributed by atoms with Gasteiger partial charge in [0.15, 0.2) is 5.78 Å². The molecule has 3 aliphatic heterocycles. The Morgan fingerprint density at radius 1 is 1.62 bits per heavy atom. The number of methoxy groups -OCH3 is 1. The van der Waals surface area contributed by atoms with Crippen LogP contribution in [0.2, 0.25) is 0 Å². The van der Waals surface area contributed by atoms with Crippen LogP contribution >= 0.6 is 0 Å². The van der Waals surface area contributed by atoms with Crippen LogP contribution in [0.3, 0.4) is 0 Å². The largest absolute Gasteiger partial charge is 0.394 e. The quantitative estimate of drug-likeness (QED) is 0.757. The van der Waals surface area contributed by atoms with E-state index in [0.29, 0.717) is 12.6 Å². The minimum Gasteiger partial charge on any atom is -0.394 e. The van der Waals surface area contributed by atoms with Crippen molar-refractivity contribution in [2.75, 3.05) is 26.9 Å². The lowest BCUT2D eigenvalue weighted by Crippen LogP contribution is -2.71. The second kappa shape index (κ2) is 4.43. The molecule has 0 aromatic carbocycles. The first-order valence-corrected chi connectivity index (χ1v) is 6.10. The normalized spacial score (nSPS) is 42.7. The fourth-order valence-electron chi connectivity index (χ4n) is 3.37. The van der Waals surface area contributed by atoms with Gasteiger partial charge in [-0.25, -0.2) is 0 Å². The molecule has 2 bridgehead atoms. The predicted molar refractivity (Wildman–Crippen MR) is 60.2 cm³/mol. The number of hydrogen-bond acceptors (Lipinski definition) is 4. The number of piperidine rings is 3. The number of Topliss-reactive ketones (excluding diaryl/α,β-unsaturated/α-hetero) is 1. The molecule has 1 unspecified atom stereocenters. The molecule has 3 aliphatic rings. The zero-order valence-corrected chi connectivity index (χ0v) is 10.1. The highest BCUT2D eigenvalue weighted by Crippen LogP contribution is 2.40. The first kappa shape index (κ1) is 12.0. The fraction of sp³-hybridized carbons (Fsp3) is 0.917. The van der Waals surface area contributed by atoms with Gasteiger partial charge in [-0.2, -0.15) is 0 Å². The highest BCUT2D eigenvalue weighted by Gasteiger charge is 2.55. The van der Waals surface area contributed by atoms with Gasteiger partial charge in [-0.05, 0) is 19.3 Å². The molecule has 4 nitrogen and oxygen atoms in total. The van der Waals surface area contributed by atoms with Crippen LogP contribution in [0.25, 0.3) is 0 Å². The van der Waals surface area contributed by atoms with Gasteiger partial charge in [0.25, 0.3) is 0 Å². The zero-order chi connectivity index (χ0) is 11.8. The van der Waals surface area contributed by atoms with E-state index in [1.165, 1.54) is 0 Å². The van der Waals surface area contributed by atoms with E-state index in [1.54, 1.807) is 7.11 Å². The average molecular weight is 227 g/mol. The van der Waals surface area contributed by atoms with Crippen molar-refractivity contribution in [3.8, 4) is 0 Å². The summed E-state index contributed by atoms with van der Waals surface area (Å²) >= 11 is 0. The number of carbonyl (C=O) groups is 1. The van der Waals surface area contributed by atoms with Crippen molar-refractivity contribution < 1.29 is 14.6 Å². The Morgan fingerprint density at radius 2 is 2.38 bits per heavy atom. The lowest BCUT2D eigenvalue weighted by Gasteiger charge is -2.55. The maximum absolute atomic E-state index is 12.3. The molecular weight excluding hydrogens is 206 g/mol. The van der Waals surface area contributed by atoms with Gasteiger partial charge in [0.1, 0.15) is 5.54 Å². The Balaban J connectivity index is 2.31. The van der Waals surface area contributed by atoms with Crippen LogP contribution in [-0.4, -0.2) is 54.2 Å². The van der Waals surface area contributed by atoms with E-state index in [4.69, 9.17) is 4.74 Å². The molecule has 0 aromatic rings. The third-order valence-electron chi connectivity index (χ3n) is 4.21. The SMILES string of the molecule is CC[C@H]1C[C@@H]2CCN1[C@@](CO)(COC)C2=O. The highest BCUT2D eigenvalue weighted by atomic mass is 16.5. The van der Waals surface area contributed by atoms with Crippen LogP contribution < -0.4 is 0 Å². The number of ether oxygens (including phenoxy) is 1. The van der Waals surface area contributed by atoms with Crippen LogP contribution in [0, 0.1) is 5.92 Å². The van der Waals surface area contributed by atoms with Gasteiger partial charge in [-0.15, -0.1) is 0 Å². The van der Waals surface area contributed by atoms with E-state index >= 15 is 0 Å². The summed E-state index contributed by atoms with van der Waals surface area (Å²) in [5.41, 5.74) is -0.753. The Labute approximate surface area is 96.6 Å². The molecule has 3 heterocycles. The van der Waals surface area contributed by atoms with Crippen LogP contribution in [0.1, 0.15) is 26.2 Å². The Kier molecular flexibility index (Phi) is 3.33. The van der Waals surface area contributed by atoms with Gasteiger partial charge in [0.2, 0.25) is 0 Å². The van der Waals surface area contributed by atoms with Crippen LogP contribution in [0.4, 0.5) is 0 Å². The van der Waals surface area contributed by atoms with Gasteiger partial charge in [-0.3, -0.25) is 9.69 Å². The molecule has 0 saturated carbocycles. The lowest BCUT2D eigenvalue weighted by atomic mass is 9.70. The van der Waals surface area contributed by atoms with Crippen molar-refractivity contribution in [3.63, 3.8) is 0 Å². The molecule has 3 rings (SSSR count). The number of hydrogen-bond donors (Lipinski definition) is 1. The minimum absolute atomic E-state index is 0.118. The molecule has 3 saturated heterocycles. The van der Waals surface area contributed by atoms with E-state index in [9.17, 15) is 9.90 Å². The van der Waals surface area contributed by atoms with E-state index in [1.807, 2.05) is 0 Å². The van der Waals surface area contributed by atoms with Crippen molar-refractivity contribution in [1.82, 2.24) is 4.90 Å². The summed E-state index contributed by atoms with van der Waals surface area (Å²) in [6.07, 6.45) is 2.94. The number of carbonyl (C=O) groups excluding carboxylic acids is 1. The molecule has 3 fully saturated rings. The molecule has 92 valence electrons. The van der Waals surface area contributed by atoms with Gasteiger partial charge in [0.05, 0.1) is 13.2 Å². The van der Waals surface area contributed by atoms with E-state index < -0.39 is 5.54 Å². The molecule has 1 N–H and O–H groups in total. The van der Waals surface area contributed by atoms with Crippen molar-refractivity contribution in [1.29, 1.82) is 0 Å². The maximum atomic E-state index is 12.3. The Bertz CT molecular complexity index is 281. The first-order chi connectivity index (χ1) is 7.69. The van der Waals surface area contributed by atoms with Crippen LogP contribution in [-0.2, 0) is 9.53 Å². The summed E-state index contributed by atoms with van der Waals surface area (Å²) < 4.78 is 5.17. The van der Waals surface area contributed by atoms with Crippen LogP contribution in [0.15, 0.2) is 0 Å². The zero-order valence-electron chi connectivity index (χ0n) is 10.1. The highest BCUT2D eigenvalue weighted by molar-refractivity contribution is 5.92. The number of nitrogens with zero attached hydrogens (tertiary/aromatic N) is 1. The fourth-order valence-corrected chi connectivity index (χ4v) is 3.37. The van der Waals surface area contributed by atoms with Crippen LogP contribution in [0.5, 0.6) is 0 Å². The summed E-state index contributed by atoms with van der Waals surface area (Å²) in [4.78, 5) is 14.5. The lowest BCUT2D eigenvalue weighted by molar-refractivity contribution is -0.166. The number of rotatable bonds is 4. The Morgan fingerprint density at radius 3 is 2.94 bits per heavy atom. The smallest absolute Gasteiger partial charge is 0.161 e. The first-order valence-electron chi connectivity index (χ1n) is 6.10. The Hall–Kier alpha value is -0.450. The molecule has 0 spiro atoms. The van der Waals surface area contributed by atoms with E-state index in [2.05, 4.69) is 11.8 Å².